The Balaban J connectivity index is 1.18. The average molecular weight is 629 g/mol. The van der Waals surface area contributed by atoms with Crippen LogP contribution < -0.4 is 19.5 Å². The smallest absolute Gasteiger partial charge is 0.493 e. The molecule has 0 aliphatic carbocycles. The Morgan fingerprint density at radius 1 is 0.857 bits per heavy atom. The van der Waals surface area contributed by atoms with Crippen molar-refractivity contribution in [1.82, 2.24) is 5.32 Å². The highest BCUT2D eigenvalue weighted by atomic mass is 35.5. The number of carbonyl (C=O) groups excluding carboxylic acids is 1. The van der Waals surface area contributed by atoms with Gasteiger partial charge in [0.1, 0.15) is 34.9 Å². The third kappa shape index (κ3) is 7.39. The second kappa shape index (κ2) is 13.2. The van der Waals surface area contributed by atoms with E-state index < -0.39 is 12.3 Å². The molecule has 0 spiro atoms. The quantitative estimate of drug-likeness (QED) is 0.179. The number of carboxylic acid groups (broad SMARTS) is 1. The zero-order chi connectivity index (χ0) is 29.6. The second-order valence-corrected chi connectivity index (χ2v) is 10.6. The number of halogens is 3. The van der Waals surface area contributed by atoms with Crippen LogP contribution in [0.4, 0.5) is 4.79 Å². The van der Waals surface area contributed by atoms with Gasteiger partial charge in [0.2, 0.25) is 0 Å². The molecule has 8 nitrogen and oxygen atoms in total. The molecule has 1 atom stereocenters. The van der Waals surface area contributed by atoms with E-state index in [1.54, 1.807) is 72.8 Å². The summed E-state index contributed by atoms with van der Waals surface area (Å²) in [6.45, 7) is 0.664. The van der Waals surface area contributed by atoms with E-state index in [1.807, 2.05) is 6.07 Å². The van der Waals surface area contributed by atoms with Crippen LogP contribution in [0.25, 0.3) is 0 Å². The molecule has 0 saturated heterocycles. The molecule has 4 aromatic carbocycles. The lowest BCUT2D eigenvalue weighted by molar-refractivity contribution is 0.0326. The predicted molar refractivity (Wildman–Crippen MR) is 159 cm³/mol. The first kappa shape index (κ1) is 29.4. The van der Waals surface area contributed by atoms with Crippen LogP contribution in [0.5, 0.6) is 28.7 Å². The fourth-order valence-electron chi connectivity index (χ4n) is 4.35. The molecule has 0 aromatic heterocycles. The van der Waals surface area contributed by atoms with Gasteiger partial charge in [-0.25, -0.2) is 4.79 Å². The van der Waals surface area contributed by atoms with E-state index in [9.17, 15) is 9.59 Å². The Morgan fingerprint density at radius 3 is 2.24 bits per heavy atom. The summed E-state index contributed by atoms with van der Waals surface area (Å²) in [4.78, 5) is 23.8. The minimum absolute atomic E-state index is 0.250. The van der Waals surface area contributed by atoms with E-state index in [0.717, 1.165) is 5.56 Å². The van der Waals surface area contributed by atoms with Gasteiger partial charge in [0, 0.05) is 40.2 Å². The summed E-state index contributed by atoms with van der Waals surface area (Å²) in [5.41, 5.74) is 1.87. The molecule has 4 aromatic rings. The van der Waals surface area contributed by atoms with E-state index >= 15 is 0 Å². The van der Waals surface area contributed by atoms with Gasteiger partial charge in [0.05, 0.1) is 11.6 Å². The van der Waals surface area contributed by atoms with Gasteiger partial charge in [-0.15, -0.1) is 0 Å². The van der Waals surface area contributed by atoms with E-state index in [0.29, 0.717) is 75.9 Å². The van der Waals surface area contributed by atoms with Gasteiger partial charge in [0.15, 0.2) is 0 Å². The number of amides is 1. The van der Waals surface area contributed by atoms with Gasteiger partial charge in [0.25, 0.3) is 5.91 Å². The number of carbonyl (C=O) groups is 2. The van der Waals surface area contributed by atoms with Crippen LogP contribution in [-0.2, 0) is 11.2 Å². The normalized spacial score (nSPS) is 13.8. The highest BCUT2D eigenvalue weighted by Gasteiger charge is 2.27. The molecule has 1 aliphatic rings. The Labute approximate surface area is 256 Å². The van der Waals surface area contributed by atoms with Crippen LogP contribution in [0.3, 0.4) is 0 Å². The number of ether oxygens (including phenoxy) is 4. The van der Waals surface area contributed by atoms with Gasteiger partial charge in [-0.3, -0.25) is 4.79 Å². The summed E-state index contributed by atoms with van der Waals surface area (Å²) >= 11 is 18.5. The molecule has 1 unspecified atom stereocenters. The van der Waals surface area contributed by atoms with Gasteiger partial charge in [-0.05, 0) is 78.7 Å². The molecule has 2 N–H and O–H groups in total. The highest BCUT2D eigenvalue weighted by molar-refractivity contribution is 6.32. The van der Waals surface area contributed by atoms with Gasteiger partial charge >= 0.3 is 6.16 Å². The number of nitrogens with one attached hydrogen (secondary N) is 1. The molecule has 11 heteroatoms. The zero-order valence-corrected chi connectivity index (χ0v) is 24.2. The number of hydrogen-bond donors (Lipinski definition) is 2. The van der Waals surface area contributed by atoms with Crippen LogP contribution in [0.2, 0.25) is 15.1 Å². The Hall–Kier alpha value is -4.11. The van der Waals surface area contributed by atoms with E-state index in [-0.39, 0.29) is 10.9 Å². The summed E-state index contributed by atoms with van der Waals surface area (Å²) in [6, 6.07) is 22.1. The molecular weight excluding hydrogens is 605 g/mol. The first-order chi connectivity index (χ1) is 20.2. The van der Waals surface area contributed by atoms with Crippen molar-refractivity contribution < 1.29 is 33.6 Å². The van der Waals surface area contributed by atoms with Crippen molar-refractivity contribution in [1.29, 1.82) is 0 Å². The Kier molecular flexibility index (Phi) is 9.27. The van der Waals surface area contributed by atoms with Crippen molar-refractivity contribution >= 4 is 46.9 Å². The summed E-state index contributed by atoms with van der Waals surface area (Å²) in [5, 5.41) is 13.3. The van der Waals surface area contributed by atoms with Crippen molar-refractivity contribution in [2.75, 3.05) is 13.2 Å². The van der Waals surface area contributed by atoms with E-state index in [2.05, 4.69) is 5.32 Å². The Morgan fingerprint density at radius 2 is 1.52 bits per heavy atom. The van der Waals surface area contributed by atoms with Crippen molar-refractivity contribution in [3.05, 3.63) is 111 Å². The molecular formula is C31H24Cl3NO7. The molecule has 1 aliphatic heterocycles. The van der Waals surface area contributed by atoms with Gasteiger partial charge in [-0.2, -0.15) is 0 Å². The maximum absolute atomic E-state index is 12.8. The van der Waals surface area contributed by atoms with Crippen molar-refractivity contribution in [2.24, 2.45) is 0 Å². The molecule has 216 valence electrons. The van der Waals surface area contributed by atoms with Crippen LogP contribution in [-0.4, -0.2) is 30.3 Å². The number of benzene rings is 4. The van der Waals surface area contributed by atoms with E-state index in [1.165, 1.54) is 0 Å². The first-order valence-electron chi connectivity index (χ1n) is 12.9. The van der Waals surface area contributed by atoms with Crippen LogP contribution in [0.1, 0.15) is 34.0 Å². The minimum Gasteiger partial charge on any atom is -0.493 e. The third-order valence-corrected chi connectivity index (χ3v) is 7.17. The highest BCUT2D eigenvalue weighted by Crippen LogP contribution is 2.42. The SMILES string of the molecule is O=C(O)OC1CCOc2cc(Oc3ccc(C(=O)NCCc4ccc(Cl)cc4Oc4ccc(Cl)cc4)cc3)c(Cl)cc21. The molecule has 0 fully saturated rings. The lowest BCUT2D eigenvalue weighted by Crippen LogP contribution is -2.25. The molecule has 5 rings (SSSR count). The maximum atomic E-state index is 12.8. The maximum Gasteiger partial charge on any atom is 0.506 e. The standard InChI is InChI=1S/C31H24Cl3NO7/c32-20-5-9-23(10-6-20)40-27-15-21(33)4-1-18(27)11-13-35-30(36)19-2-7-22(8-3-19)41-29-17-28-24(16-25(29)34)26(12-14-39-28)42-31(37)38/h1-10,15-17,26H,11-14H2,(H,35,36)(H,37,38). The summed E-state index contributed by atoms with van der Waals surface area (Å²) in [5.74, 6) is 2.17. The fraction of sp³-hybridized carbons (Fsp3) is 0.161. The lowest BCUT2D eigenvalue weighted by atomic mass is 10.0. The number of rotatable bonds is 9. The van der Waals surface area contributed by atoms with Gasteiger partial charge in [-0.1, -0.05) is 40.9 Å². The molecule has 1 amide bonds. The average Bonchev–Trinajstić information content (AvgIpc) is 2.96. The van der Waals surface area contributed by atoms with Crippen molar-refractivity contribution in [3.8, 4) is 28.7 Å². The lowest BCUT2D eigenvalue weighted by Gasteiger charge is -2.25. The number of fused-ring (bicyclic) bond motifs is 1. The summed E-state index contributed by atoms with van der Waals surface area (Å²) < 4.78 is 22.5. The summed E-state index contributed by atoms with van der Waals surface area (Å²) in [6.07, 6.45) is -1.13. The monoisotopic (exact) mass is 627 g/mol. The topological polar surface area (TPSA) is 103 Å². The first-order valence-corrected chi connectivity index (χ1v) is 14.0. The zero-order valence-electron chi connectivity index (χ0n) is 21.9. The van der Waals surface area contributed by atoms with Crippen LogP contribution in [0, 0.1) is 0 Å². The minimum atomic E-state index is -1.37. The second-order valence-electron chi connectivity index (χ2n) is 9.27. The van der Waals surface area contributed by atoms with Crippen LogP contribution >= 0.6 is 34.8 Å². The third-order valence-electron chi connectivity index (χ3n) is 6.39. The van der Waals surface area contributed by atoms with Gasteiger partial charge < -0.3 is 29.4 Å². The van der Waals surface area contributed by atoms with Crippen LogP contribution in [0.15, 0.2) is 78.9 Å². The molecule has 0 radical (unpaired) electrons. The fourth-order valence-corrected chi connectivity index (χ4v) is 4.85. The molecule has 0 bridgehead atoms. The largest absolute Gasteiger partial charge is 0.506 e. The predicted octanol–water partition coefficient (Wildman–Crippen LogP) is 8.72. The summed E-state index contributed by atoms with van der Waals surface area (Å²) in [7, 11) is 0. The Bertz CT molecular complexity index is 1590. The molecule has 42 heavy (non-hydrogen) atoms. The number of hydrogen-bond acceptors (Lipinski definition) is 6. The molecule has 0 saturated carbocycles. The van der Waals surface area contributed by atoms with E-state index in [4.69, 9.17) is 58.9 Å². The van der Waals surface area contributed by atoms with Crippen molar-refractivity contribution in [2.45, 2.75) is 18.9 Å². The molecule has 1 heterocycles. The van der Waals surface area contributed by atoms with Crippen molar-refractivity contribution in [3.63, 3.8) is 0 Å².